The minimum atomic E-state index is -0.736. The van der Waals surface area contributed by atoms with Crippen LogP contribution in [0.2, 0.25) is 10.0 Å². The number of rotatable bonds is 5. The lowest BCUT2D eigenvalue weighted by Crippen LogP contribution is -2.20. The highest BCUT2D eigenvalue weighted by Gasteiger charge is 2.24. The number of pyridine rings is 1. The van der Waals surface area contributed by atoms with Gasteiger partial charge in [0.2, 0.25) is 5.75 Å². The van der Waals surface area contributed by atoms with E-state index in [4.69, 9.17) is 38.1 Å². The highest BCUT2D eigenvalue weighted by atomic mass is 35.5. The van der Waals surface area contributed by atoms with Crippen molar-refractivity contribution in [3.63, 3.8) is 0 Å². The Morgan fingerprint density at radius 3 is 2.81 bits per heavy atom. The van der Waals surface area contributed by atoms with Gasteiger partial charge in [-0.1, -0.05) is 23.2 Å². The van der Waals surface area contributed by atoms with E-state index in [0.29, 0.717) is 22.1 Å². The minimum Gasteiger partial charge on any atom is -0.478 e. The Balaban J connectivity index is 1.74. The van der Waals surface area contributed by atoms with Crippen molar-refractivity contribution < 1.29 is 18.3 Å². The molecule has 0 aliphatic carbocycles. The van der Waals surface area contributed by atoms with Crippen molar-refractivity contribution in [2.75, 3.05) is 19.8 Å². The van der Waals surface area contributed by atoms with Crippen molar-refractivity contribution in [2.24, 2.45) is 0 Å². The summed E-state index contributed by atoms with van der Waals surface area (Å²) in [4.78, 5) is 18.8. The number of aromatic nitrogens is 1. The van der Waals surface area contributed by atoms with Crippen LogP contribution >= 0.6 is 34.5 Å². The summed E-state index contributed by atoms with van der Waals surface area (Å²) in [5.74, 6) is -0.404. The Morgan fingerprint density at radius 1 is 1.34 bits per heavy atom. The zero-order valence-electron chi connectivity index (χ0n) is 17.3. The molecule has 0 saturated heterocycles. The summed E-state index contributed by atoms with van der Waals surface area (Å²) in [5.41, 5.74) is 8.05. The molecule has 0 aliphatic heterocycles. The van der Waals surface area contributed by atoms with Crippen LogP contribution in [0.3, 0.4) is 0 Å². The van der Waals surface area contributed by atoms with Crippen LogP contribution in [0, 0.1) is 5.82 Å². The third-order valence-corrected chi connectivity index (χ3v) is 6.58. The summed E-state index contributed by atoms with van der Waals surface area (Å²) in [7, 11) is 3.39. The zero-order chi connectivity index (χ0) is 23.2. The highest BCUT2D eigenvalue weighted by Crippen LogP contribution is 2.42. The van der Waals surface area contributed by atoms with Crippen LogP contribution < -0.4 is 10.5 Å². The van der Waals surface area contributed by atoms with Gasteiger partial charge >= 0.3 is 0 Å². The molecular formula is C22H18Cl2FN3O3S. The molecule has 10 heteroatoms. The molecule has 3 aromatic heterocycles. The number of carbonyl (C=O) groups is 1. The number of ether oxygens (including phenoxy) is 1. The number of fused-ring (bicyclic) bond motifs is 1. The van der Waals surface area contributed by atoms with Gasteiger partial charge in [-0.2, -0.15) is 0 Å². The number of nitrogen functional groups attached to an aromatic ring is 1. The van der Waals surface area contributed by atoms with E-state index in [0.717, 1.165) is 10.4 Å². The van der Waals surface area contributed by atoms with E-state index in [1.807, 2.05) is 0 Å². The Bertz CT molecular complexity index is 1340. The number of amides is 1. The van der Waals surface area contributed by atoms with Crippen molar-refractivity contribution in [3.05, 3.63) is 63.0 Å². The van der Waals surface area contributed by atoms with Crippen molar-refractivity contribution in [1.29, 1.82) is 0 Å². The molecule has 0 fully saturated rings. The first kappa shape index (κ1) is 22.4. The van der Waals surface area contributed by atoms with Gasteiger partial charge in [-0.05, 0) is 25.1 Å². The summed E-state index contributed by atoms with van der Waals surface area (Å²) in [5, 5.41) is 2.58. The molecule has 1 atom stereocenters. The molecule has 1 aromatic carbocycles. The molecule has 0 unspecified atom stereocenters. The molecule has 3 heterocycles. The quantitative estimate of drug-likeness (QED) is 0.324. The van der Waals surface area contributed by atoms with Crippen molar-refractivity contribution in [2.45, 2.75) is 13.0 Å². The first-order valence-corrected chi connectivity index (χ1v) is 11.1. The fourth-order valence-electron chi connectivity index (χ4n) is 3.28. The average molecular weight is 494 g/mol. The Morgan fingerprint density at radius 2 is 2.09 bits per heavy atom. The topological polar surface area (TPSA) is 81.6 Å². The third kappa shape index (κ3) is 3.90. The molecule has 1 amide bonds. The number of furan rings is 1. The Hall–Kier alpha value is -2.81. The number of nitrogens with two attached hydrogens (primary N) is 1. The maximum absolute atomic E-state index is 14.0. The lowest BCUT2D eigenvalue weighted by molar-refractivity contribution is 0.0828. The molecule has 6 nitrogen and oxygen atoms in total. The van der Waals surface area contributed by atoms with Gasteiger partial charge in [0.05, 0.1) is 16.0 Å². The number of nitrogens with zero attached hydrogens (tertiary/aromatic N) is 2. The number of halogens is 3. The van der Waals surface area contributed by atoms with Gasteiger partial charge in [0.25, 0.3) is 5.91 Å². The second-order valence-electron chi connectivity index (χ2n) is 7.28. The number of anilines is 1. The monoisotopic (exact) mass is 493 g/mol. The van der Waals surface area contributed by atoms with Gasteiger partial charge in [-0.15, -0.1) is 11.3 Å². The van der Waals surface area contributed by atoms with Gasteiger partial charge in [0, 0.05) is 46.7 Å². The molecule has 0 bridgehead atoms. The molecule has 0 aliphatic rings. The van der Waals surface area contributed by atoms with Crippen LogP contribution in [0.4, 0.5) is 10.2 Å². The number of benzene rings is 1. The summed E-state index contributed by atoms with van der Waals surface area (Å²) >= 11 is 13.7. The molecule has 0 saturated carbocycles. The fourth-order valence-corrected chi connectivity index (χ4v) is 4.86. The van der Waals surface area contributed by atoms with Crippen LogP contribution in [0.5, 0.6) is 5.75 Å². The Labute approximate surface area is 197 Å². The van der Waals surface area contributed by atoms with Crippen LogP contribution in [-0.4, -0.2) is 29.9 Å². The maximum atomic E-state index is 14.0. The smallest absolute Gasteiger partial charge is 0.254 e. The molecule has 2 N–H and O–H groups in total. The van der Waals surface area contributed by atoms with Gasteiger partial charge in [0.15, 0.2) is 11.4 Å². The van der Waals surface area contributed by atoms with Crippen LogP contribution in [0.1, 0.15) is 28.9 Å². The molecule has 166 valence electrons. The van der Waals surface area contributed by atoms with Gasteiger partial charge < -0.3 is 19.8 Å². The zero-order valence-corrected chi connectivity index (χ0v) is 19.6. The fraction of sp³-hybridized carbons (Fsp3) is 0.182. The maximum Gasteiger partial charge on any atom is 0.254 e. The second-order valence-corrected chi connectivity index (χ2v) is 8.98. The summed E-state index contributed by atoms with van der Waals surface area (Å²) in [6.07, 6.45) is 2.40. The molecular weight excluding hydrogens is 476 g/mol. The van der Waals surface area contributed by atoms with E-state index in [2.05, 4.69) is 4.98 Å². The second kappa shape index (κ2) is 8.61. The van der Waals surface area contributed by atoms with Gasteiger partial charge in [-0.3, -0.25) is 4.79 Å². The summed E-state index contributed by atoms with van der Waals surface area (Å²) in [6.45, 7) is 1.67. The highest BCUT2D eigenvalue weighted by molar-refractivity contribution is 7.14. The van der Waals surface area contributed by atoms with E-state index in [-0.39, 0.29) is 27.5 Å². The van der Waals surface area contributed by atoms with E-state index < -0.39 is 11.9 Å². The van der Waals surface area contributed by atoms with Crippen molar-refractivity contribution in [3.8, 4) is 16.2 Å². The summed E-state index contributed by atoms with van der Waals surface area (Å²) in [6, 6.07) is 4.39. The average Bonchev–Trinajstić information content (AvgIpc) is 3.39. The van der Waals surface area contributed by atoms with Crippen LogP contribution in [0.15, 0.2) is 40.5 Å². The molecule has 0 radical (unpaired) electrons. The molecule has 32 heavy (non-hydrogen) atoms. The van der Waals surface area contributed by atoms with E-state index in [9.17, 15) is 9.18 Å². The lowest BCUT2D eigenvalue weighted by Gasteiger charge is -2.18. The lowest BCUT2D eigenvalue weighted by atomic mass is 10.1. The number of hydrogen-bond acceptors (Lipinski definition) is 6. The summed E-state index contributed by atoms with van der Waals surface area (Å²) < 4.78 is 25.8. The molecule has 4 rings (SSSR count). The SMILES string of the molecule is C[C@@H](Oc1c(N)ncc2c(-c3cc(C(=O)N(C)C)cs3)coc12)c1c(Cl)ccc(F)c1Cl. The van der Waals surface area contributed by atoms with E-state index in [1.54, 1.807) is 44.9 Å². The predicted molar refractivity (Wildman–Crippen MR) is 125 cm³/mol. The van der Waals surface area contributed by atoms with Gasteiger partial charge in [0.1, 0.15) is 18.2 Å². The predicted octanol–water partition coefficient (Wildman–Crippen LogP) is 6.43. The standard InChI is InChI=1S/C22H18Cl2FN3O3S/c1-10(17-14(23)4-5-15(25)18(17)24)31-20-19-12(7-27-21(20)26)13(8-30-19)16-6-11(9-32-16)22(29)28(2)3/h4-10H,1-3H3,(H2,26,27)/t10-/m1/s1. The van der Waals surface area contributed by atoms with E-state index in [1.165, 1.54) is 28.4 Å². The normalized spacial score (nSPS) is 12.2. The minimum absolute atomic E-state index is 0.0932. The van der Waals surface area contributed by atoms with E-state index >= 15 is 0 Å². The first-order valence-electron chi connectivity index (χ1n) is 9.45. The van der Waals surface area contributed by atoms with Crippen molar-refractivity contribution >= 4 is 57.2 Å². The molecule has 4 aromatic rings. The number of carbonyl (C=O) groups excluding carboxylic acids is 1. The van der Waals surface area contributed by atoms with Crippen LogP contribution in [-0.2, 0) is 0 Å². The Kier molecular flexibility index (Phi) is 6.03. The van der Waals surface area contributed by atoms with Gasteiger partial charge in [-0.25, -0.2) is 9.37 Å². The van der Waals surface area contributed by atoms with Crippen molar-refractivity contribution in [1.82, 2.24) is 9.88 Å². The number of hydrogen-bond donors (Lipinski definition) is 1. The number of thiophene rings is 1. The van der Waals surface area contributed by atoms with Crippen LogP contribution in [0.25, 0.3) is 21.4 Å². The molecule has 0 spiro atoms. The first-order chi connectivity index (χ1) is 15.2. The third-order valence-electron chi connectivity index (χ3n) is 4.90. The largest absolute Gasteiger partial charge is 0.478 e.